The molecule has 1 fully saturated rings. The average molecular weight is 264 g/mol. The lowest BCUT2D eigenvalue weighted by atomic mass is 10.2. The summed E-state index contributed by atoms with van der Waals surface area (Å²) in [5.41, 5.74) is 0.455. The molecular weight excluding hydrogens is 256 g/mol. The van der Waals surface area contributed by atoms with Crippen LogP contribution in [0.1, 0.15) is 5.56 Å². The lowest BCUT2D eigenvalue weighted by molar-refractivity contribution is -0.384. The van der Waals surface area contributed by atoms with Gasteiger partial charge in [-0.05, 0) is 23.9 Å². The highest BCUT2D eigenvalue weighted by Crippen LogP contribution is 2.20. The number of non-ortho nitro benzene ring substituents is 1. The maximum Gasteiger partial charge on any atom is 0.296 e. The molecule has 1 aromatic carbocycles. The van der Waals surface area contributed by atoms with Gasteiger partial charge in [0.05, 0.1) is 4.92 Å². The van der Waals surface area contributed by atoms with Gasteiger partial charge in [0.15, 0.2) is 5.76 Å². The first-order valence-electron chi connectivity index (χ1n) is 4.95. The Hall–Kier alpha value is -2.28. The van der Waals surface area contributed by atoms with Crippen LogP contribution in [-0.4, -0.2) is 28.0 Å². The number of benzene rings is 1. The van der Waals surface area contributed by atoms with E-state index in [-0.39, 0.29) is 22.5 Å². The number of carbonyl (C=O) groups is 1. The summed E-state index contributed by atoms with van der Waals surface area (Å²) in [4.78, 5) is 23.0. The Labute approximate surface area is 108 Å². The van der Waals surface area contributed by atoms with Gasteiger partial charge < -0.3 is 4.74 Å². The minimum absolute atomic E-state index is 0.0503. The highest BCUT2D eigenvalue weighted by atomic mass is 32.1. The molecule has 1 heterocycles. The summed E-state index contributed by atoms with van der Waals surface area (Å²) < 4.78 is 5.09. The summed E-state index contributed by atoms with van der Waals surface area (Å²) in [6.45, 7) is 0. The highest BCUT2D eigenvalue weighted by Gasteiger charge is 2.30. The van der Waals surface area contributed by atoms with Gasteiger partial charge in [-0.1, -0.05) is 12.1 Å². The quantitative estimate of drug-likeness (QED) is 0.352. The minimum atomic E-state index is -0.504. The molecule has 7 heteroatoms. The zero-order chi connectivity index (χ0) is 13.3. The first-order valence-corrected chi connectivity index (χ1v) is 5.36. The fraction of sp³-hybridized carbons (Fsp3) is 0.0909. The van der Waals surface area contributed by atoms with Gasteiger partial charge in [-0.25, -0.2) is 0 Å². The van der Waals surface area contributed by atoms with E-state index in [2.05, 4.69) is 0 Å². The first kappa shape index (κ1) is 12.2. The molecule has 6 nitrogen and oxygen atoms in total. The Morgan fingerprint density at radius 3 is 2.78 bits per heavy atom. The van der Waals surface area contributed by atoms with Crippen LogP contribution in [0.15, 0.2) is 30.0 Å². The number of likely N-dealkylation sites (N-methyl/N-ethyl adjacent to an activating group) is 1. The van der Waals surface area contributed by atoms with E-state index in [1.54, 1.807) is 6.07 Å². The molecule has 0 saturated carbocycles. The number of rotatable bonds is 2. The van der Waals surface area contributed by atoms with E-state index in [0.717, 1.165) is 0 Å². The molecule has 0 atom stereocenters. The van der Waals surface area contributed by atoms with Crippen molar-refractivity contribution >= 4 is 35.1 Å². The third-order valence-electron chi connectivity index (χ3n) is 2.37. The molecule has 1 amide bonds. The van der Waals surface area contributed by atoms with Crippen molar-refractivity contribution in [2.45, 2.75) is 0 Å². The molecule has 1 aliphatic rings. The Kier molecular flexibility index (Phi) is 3.07. The maximum atomic E-state index is 11.7. The van der Waals surface area contributed by atoms with Crippen LogP contribution < -0.4 is 0 Å². The third kappa shape index (κ3) is 2.21. The van der Waals surface area contributed by atoms with E-state index in [1.165, 1.54) is 36.2 Å². The van der Waals surface area contributed by atoms with Crippen molar-refractivity contribution in [1.29, 1.82) is 0 Å². The number of carbonyl (C=O) groups excluding carboxylic acids is 1. The standard InChI is InChI=1S/C11H8N2O4S/c1-12-10(14)9(17-11(12)18)6-7-3-2-4-8(5-7)13(15)16/h2-6H,1H3/b9-6+. The van der Waals surface area contributed by atoms with Gasteiger partial charge >= 0.3 is 0 Å². The van der Waals surface area contributed by atoms with Gasteiger partial charge in [0.2, 0.25) is 0 Å². The number of thiocarbonyl (C=S) groups is 1. The van der Waals surface area contributed by atoms with E-state index in [1.807, 2.05) is 0 Å². The molecule has 0 aromatic heterocycles. The topological polar surface area (TPSA) is 72.7 Å². The van der Waals surface area contributed by atoms with Crippen LogP contribution in [0.5, 0.6) is 0 Å². The molecule has 0 aliphatic carbocycles. The largest absolute Gasteiger partial charge is 0.426 e. The summed E-state index contributed by atoms with van der Waals surface area (Å²) in [6.07, 6.45) is 1.42. The molecule has 2 rings (SSSR count). The smallest absolute Gasteiger partial charge is 0.296 e. The van der Waals surface area contributed by atoms with Crippen molar-refractivity contribution in [3.63, 3.8) is 0 Å². The number of hydrogen-bond acceptors (Lipinski definition) is 5. The van der Waals surface area contributed by atoms with E-state index in [9.17, 15) is 14.9 Å². The van der Waals surface area contributed by atoms with Crippen LogP contribution in [0.3, 0.4) is 0 Å². The summed E-state index contributed by atoms with van der Waals surface area (Å²) in [5, 5.41) is 10.7. The number of nitro groups is 1. The van der Waals surface area contributed by atoms with Gasteiger partial charge in [0.25, 0.3) is 16.8 Å². The Morgan fingerprint density at radius 1 is 1.50 bits per heavy atom. The van der Waals surface area contributed by atoms with E-state index < -0.39 is 4.92 Å². The number of nitro benzene ring substituents is 1. The summed E-state index contributed by atoms with van der Waals surface area (Å²) in [7, 11) is 1.50. The molecule has 0 unspecified atom stereocenters. The molecule has 1 aliphatic heterocycles. The molecule has 1 aromatic rings. The highest BCUT2D eigenvalue weighted by molar-refractivity contribution is 7.80. The zero-order valence-corrected chi connectivity index (χ0v) is 10.1. The third-order valence-corrected chi connectivity index (χ3v) is 2.72. The molecule has 18 heavy (non-hydrogen) atoms. The SMILES string of the molecule is CN1C(=O)/C(=C\c2cccc([N+](=O)[O-])c2)OC1=S. The number of ether oxygens (including phenoxy) is 1. The second kappa shape index (κ2) is 4.53. The van der Waals surface area contributed by atoms with Gasteiger partial charge in [-0.3, -0.25) is 19.8 Å². The van der Waals surface area contributed by atoms with Crippen LogP contribution >= 0.6 is 12.2 Å². The molecule has 0 bridgehead atoms. The fourth-order valence-electron chi connectivity index (χ4n) is 1.43. The van der Waals surface area contributed by atoms with E-state index in [0.29, 0.717) is 5.56 Å². The van der Waals surface area contributed by atoms with Crippen molar-refractivity contribution in [2.24, 2.45) is 0 Å². The summed E-state index contributed by atoms with van der Waals surface area (Å²) in [5.74, 6) is -0.311. The molecular formula is C11H8N2O4S. The number of nitrogens with zero attached hydrogens (tertiary/aromatic N) is 2. The molecule has 0 radical (unpaired) electrons. The number of amides is 1. The lowest BCUT2D eigenvalue weighted by Gasteiger charge is -2.00. The second-order valence-corrected chi connectivity index (χ2v) is 3.94. The zero-order valence-electron chi connectivity index (χ0n) is 9.32. The van der Waals surface area contributed by atoms with E-state index in [4.69, 9.17) is 17.0 Å². The fourth-order valence-corrected chi connectivity index (χ4v) is 1.60. The van der Waals surface area contributed by atoms with Gasteiger partial charge in [-0.15, -0.1) is 0 Å². The van der Waals surface area contributed by atoms with Crippen molar-refractivity contribution in [3.8, 4) is 0 Å². The van der Waals surface area contributed by atoms with Gasteiger partial charge in [0, 0.05) is 19.2 Å². The Bertz CT molecular complexity index is 582. The normalized spacial score (nSPS) is 17.2. The monoisotopic (exact) mass is 264 g/mol. The van der Waals surface area contributed by atoms with E-state index >= 15 is 0 Å². The maximum absolute atomic E-state index is 11.7. The van der Waals surface area contributed by atoms with Crippen LogP contribution in [0.25, 0.3) is 6.08 Å². The van der Waals surface area contributed by atoms with Crippen molar-refractivity contribution in [3.05, 3.63) is 45.7 Å². The van der Waals surface area contributed by atoms with Crippen LogP contribution in [0.4, 0.5) is 5.69 Å². The first-order chi connectivity index (χ1) is 8.49. The predicted octanol–water partition coefficient (Wildman–Crippen LogP) is 1.71. The van der Waals surface area contributed by atoms with Crippen molar-refractivity contribution in [2.75, 3.05) is 7.05 Å². The minimum Gasteiger partial charge on any atom is -0.426 e. The van der Waals surface area contributed by atoms with Crippen molar-refractivity contribution < 1.29 is 14.5 Å². The van der Waals surface area contributed by atoms with Crippen LogP contribution in [-0.2, 0) is 9.53 Å². The Morgan fingerprint density at radius 2 is 2.22 bits per heavy atom. The summed E-state index contributed by atoms with van der Waals surface area (Å²) in [6, 6.07) is 5.89. The lowest BCUT2D eigenvalue weighted by Crippen LogP contribution is -2.22. The van der Waals surface area contributed by atoms with Crippen molar-refractivity contribution in [1.82, 2.24) is 4.90 Å². The second-order valence-electron chi connectivity index (χ2n) is 3.59. The molecule has 0 spiro atoms. The molecule has 92 valence electrons. The number of hydrogen-bond donors (Lipinski definition) is 0. The van der Waals surface area contributed by atoms with Gasteiger partial charge in [0.1, 0.15) is 0 Å². The molecule has 1 saturated heterocycles. The Balaban J connectivity index is 2.34. The van der Waals surface area contributed by atoms with Gasteiger partial charge in [-0.2, -0.15) is 0 Å². The summed E-state index contributed by atoms with van der Waals surface area (Å²) >= 11 is 4.81. The average Bonchev–Trinajstić information content (AvgIpc) is 2.57. The molecule has 0 N–H and O–H groups in total. The van der Waals surface area contributed by atoms with Crippen LogP contribution in [0.2, 0.25) is 0 Å². The van der Waals surface area contributed by atoms with Crippen LogP contribution in [0, 0.1) is 10.1 Å². The predicted molar refractivity (Wildman–Crippen MR) is 67.5 cm³/mol.